The van der Waals surface area contributed by atoms with E-state index in [1.165, 1.54) is 49.6 Å². The number of sulfonamides is 1. The van der Waals surface area contributed by atoms with Crippen LogP contribution in [0.2, 0.25) is 0 Å². The van der Waals surface area contributed by atoms with Crippen molar-refractivity contribution in [3.8, 4) is 0 Å². The van der Waals surface area contributed by atoms with Gasteiger partial charge in [0, 0.05) is 13.7 Å². The van der Waals surface area contributed by atoms with Crippen LogP contribution >= 0.6 is 0 Å². The van der Waals surface area contributed by atoms with E-state index >= 15 is 0 Å². The van der Waals surface area contributed by atoms with E-state index in [1.807, 2.05) is 0 Å². The number of nitrogens with one attached hydrogen (secondary N) is 1. The molecule has 0 aliphatic rings. The van der Waals surface area contributed by atoms with E-state index in [0.29, 0.717) is 11.1 Å². The van der Waals surface area contributed by atoms with Crippen LogP contribution in [0.25, 0.3) is 0 Å². The van der Waals surface area contributed by atoms with E-state index in [4.69, 9.17) is 4.74 Å². The third-order valence-corrected chi connectivity index (χ3v) is 4.58. The fourth-order valence-electron chi connectivity index (χ4n) is 2.10. The van der Waals surface area contributed by atoms with Crippen molar-refractivity contribution in [1.29, 1.82) is 0 Å². The molecule has 2 aromatic rings. The number of ether oxygens (including phenoxy) is 1. The Balaban J connectivity index is 2.01. The maximum absolute atomic E-state index is 13.2. The molecule has 4 nitrogen and oxygen atoms in total. The number of hydrogen-bond donors (Lipinski definition) is 1. The Morgan fingerprint density at radius 3 is 2.39 bits per heavy atom. The van der Waals surface area contributed by atoms with Gasteiger partial charge < -0.3 is 4.74 Å². The molecular weight excluding hydrogens is 324 g/mol. The maximum Gasteiger partial charge on any atom is 0.215 e. The van der Waals surface area contributed by atoms with Crippen LogP contribution < -0.4 is 4.72 Å². The molecule has 0 radical (unpaired) electrons. The highest BCUT2D eigenvalue weighted by Gasteiger charge is 2.17. The fraction of sp³-hybridized carbons (Fsp3) is 0.250. The van der Waals surface area contributed by atoms with E-state index in [0.717, 1.165) is 0 Å². The van der Waals surface area contributed by atoms with Crippen LogP contribution in [0.4, 0.5) is 8.78 Å². The number of rotatable bonds is 7. The third kappa shape index (κ3) is 5.38. The molecule has 0 aliphatic carbocycles. The highest BCUT2D eigenvalue weighted by atomic mass is 32.2. The minimum atomic E-state index is -3.62. The first-order chi connectivity index (χ1) is 10.9. The van der Waals surface area contributed by atoms with Crippen molar-refractivity contribution in [2.75, 3.05) is 13.7 Å². The maximum atomic E-state index is 13.2. The summed E-state index contributed by atoms with van der Waals surface area (Å²) >= 11 is 0. The second-order valence-corrected chi connectivity index (χ2v) is 6.82. The second-order valence-electron chi connectivity index (χ2n) is 5.01. The molecule has 1 N–H and O–H groups in total. The Bertz CT molecular complexity index is 748. The molecule has 7 heteroatoms. The molecule has 23 heavy (non-hydrogen) atoms. The summed E-state index contributed by atoms with van der Waals surface area (Å²) in [4.78, 5) is 0. The largest absolute Gasteiger partial charge is 0.375 e. The molecule has 0 bridgehead atoms. The van der Waals surface area contributed by atoms with Crippen LogP contribution in [0.1, 0.15) is 17.2 Å². The van der Waals surface area contributed by atoms with Gasteiger partial charge in [0.15, 0.2) is 0 Å². The lowest BCUT2D eigenvalue weighted by Gasteiger charge is -2.16. The van der Waals surface area contributed by atoms with Gasteiger partial charge >= 0.3 is 0 Å². The van der Waals surface area contributed by atoms with Crippen molar-refractivity contribution in [2.45, 2.75) is 11.9 Å². The monoisotopic (exact) mass is 341 g/mol. The van der Waals surface area contributed by atoms with E-state index < -0.39 is 27.8 Å². The summed E-state index contributed by atoms with van der Waals surface area (Å²) < 4.78 is 57.8. The van der Waals surface area contributed by atoms with Crippen LogP contribution in [0.15, 0.2) is 48.5 Å². The van der Waals surface area contributed by atoms with E-state index in [9.17, 15) is 17.2 Å². The molecule has 0 saturated carbocycles. The minimum absolute atomic E-state index is 0.0243. The highest BCUT2D eigenvalue weighted by Crippen LogP contribution is 2.17. The molecule has 124 valence electrons. The lowest BCUT2D eigenvalue weighted by atomic mass is 10.1. The lowest BCUT2D eigenvalue weighted by molar-refractivity contribution is 0.107. The Morgan fingerprint density at radius 1 is 1.09 bits per heavy atom. The molecule has 0 saturated heterocycles. The van der Waals surface area contributed by atoms with Gasteiger partial charge in [-0.05, 0) is 35.4 Å². The molecule has 1 unspecified atom stereocenters. The molecule has 0 heterocycles. The Kier molecular flexibility index (Phi) is 5.81. The molecule has 2 rings (SSSR count). The van der Waals surface area contributed by atoms with Crippen molar-refractivity contribution in [3.63, 3.8) is 0 Å². The second kappa shape index (κ2) is 7.63. The van der Waals surface area contributed by atoms with E-state index in [-0.39, 0.29) is 12.3 Å². The summed E-state index contributed by atoms with van der Waals surface area (Å²) in [6.07, 6.45) is -0.603. The van der Waals surface area contributed by atoms with Gasteiger partial charge in [-0.3, -0.25) is 0 Å². The Morgan fingerprint density at radius 2 is 1.78 bits per heavy atom. The van der Waals surface area contributed by atoms with E-state index in [1.54, 1.807) is 6.07 Å². The van der Waals surface area contributed by atoms with Gasteiger partial charge in [0.05, 0.1) is 11.9 Å². The first-order valence-corrected chi connectivity index (χ1v) is 8.55. The van der Waals surface area contributed by atoms with Crippen LogP contribution in [-0.2, 0) is 20.5 Å². The van der Waals surface area contributed by atoms with Crippen molar-refractivity contribution in [3.05, 3.63) is 71.3 Å². The smallest absolute Gasteiger partial charge is 0.215 e. The van der Waals surface area contributed by atoms with E-state index in [2.05, 4.69) is 4.72 Å². The standard InChI is InChI=1S/C16H17F2NO3S/c1-22-16(13-3-2-4-15(18)9-13)10-19-23(20,21)11-12-5-7-14(17)8-6-12/h2-9,16,19H,10-11H2,1H3. The average molecular weight is 341 g/mol. The summed E-state index contributed by atoms with van der Waals surface area (Å²) in [7, 11) is -2.20. The van der Waals surface area contributed by atoms with Crippen molar-refractivity contribution < 1.29 is 21.9 Å². The number of benzene rings is 2. The topological polar surface area (TPSA) is 55.4 Å². The van der Waals surface area contributed by atoms with Crippen LogP contribution in [0.3, 0.4) is 0 Å². The van der Waals surface area contributed by atoms with Crippen molar-refractivity contribution in [1.82, 2.24) is 4.72 Å². The van der Waals surface area contributed by atoms with Crippen LogP contribution in [0.5, 0.6) is 0 Å². The van der Waals surface area contributed by atoms with Gasteiger partial charge in [-0.25, -0.2) is 21.9 Å². The van der Waals surface area contributed by atoms with Crippen LogP contribution in [-0.4, -0.2) is 22.1 Å². The van der Waals surface area contributed by atoms with Gasteiger partial charge in [0.1, 0.15) is 11.6 Å². The van der Waals surface area contributed by atoms with Gasteiger partial charge in [-0.1, -0.05) is 24.3 Å². The number of methoxy groups -OCH3 is 1. The minimum Gasteiger partial charge on any atom is -0.375 e. The summed E-state index contributed by atoms with van der Waals surface area (Å²) in [6, 6.07) is 11.0. The molecule has 0 spiro atoms. The number of hydrogen-bond acceptors (Lipinski definition) is 3. The normalized spacial score (nSPS) is 13.0. The summed E-state index contributed by atoms with van der Waals surface area (Å²) in [5, 5.41) is 0. The molecule has 0 fully saturated rings. The van der Waals surface area contributed by atoms with Gasteiger partial charge in [0.2, 0.25) is 10.0 Å². The highest BCUT2D eigenvalue weighted by molar-refractivity contribution is 7.88. The van der Waals surface area contributed by atoms with Crippen molar-refractivity contribution >= 4 is 10.0 Å². The quantitative estimate of drug-likeness (QED) is 0.842. The Hall–Kier alpha value is -1.83. The average Bonchev–Trinajstić information content (AvgIpc) is 2.50. The van der Waals surface area contributed by atoms with Crippen molar-refractivity contribution in [2.24, 2.45) is 0 Å². The zero-order valence-electron chi connectivity index (χ0n) is 12.5. The summed E-state index contributed by atoms with van der Waals surface area (Å²) in [5.74, 6) is -1.12. The summed E-state index contributed by atoms with van der Waals surface area (Å²) in [6.45, 7) is -0.0243. The third-order valence-electron chi connectivity index (χ3n) is 3.26. The predicted molar refractivity (Wildman–Crippen MR) is 83.2 cm³/mol. The molecule has 0 aliphatic heterocycles. The zero-order chi connectivity index (χ0) is 16.9. The first kappa shape index (κ1) is 17.5. The molecule has 2 aromatic carbocycles. The molecular formula is C16H17F2NO3S. The predicted octanol–water partition coefficient (Wildman–Crippen LogP) is 2.77. The first-order valence-electron chi connectivity index (χ1n) is 6.89. The molecule has 0 amide bonds. The Labute approximate surface area is 134 Å². The lowest BCUT2D eigenvalue weighted by Crippen LogP contribution is -2.30. The zero-order valence-corrected chi connectivity index (χ0v) is 13.3. The fourth-order valence-corrected chi connectivity index (χ4v) is 3.24. The van der Waals surface area contributed by atoms with Gasteiger partial charge in [-0.15, -0.1) is 0 Å². The number of halogens is 2. The summed E-state index contributed by atoms with van der Waals surface area (Å²) in [5.41, 5.74) is 1.01. The SMILES string of the molecule is COC(CNS(=O)(=O)Cc1ccc(F)cc1)c1cccc(F)c1. The van der Waals surface area contributed by atoms with Crippen LogP contribution in [0, 0.1) is 11.6 Å². The van der Waals surface area contributed by atoms with Gasteiger partial charge in [-0.2, -0.15) is 0 Å². The molecule has 1 atom stereocenters. The molecule has 0 aromatic heterocycles. The van der Waals surface area contributed by atoms with Gasteiger partial charge in [0.25, 0.3) is 0 Å².